The van der Waals surface area contributed by atoms with Crippen LogP contribution in [-0.4, -0.2) is 61.9 Å². The maximum absolute atomic E-state index is 12.8. The number of carbonyl (C=O) groups is 1. The second-order valence-corrected chi connectivity index (χ2v) is 8.47. The van der Waals surface area contributed by atoms with Gasteiger partial charge in [-0.1, -0.05) is 19.9 Å². The molecule has 1 atom stereocenters. The van der Waals surface area contributed by atoms with Gasteiger partial charge in [-0.15, -0.1) is 0 Å². The molecular weight excluding hydrogens is 394 g/mol. The summed E-state index contributed by atoms with van der Waals surface area (Å²) in [6.07, 6.45) is 0. The lowest BCUT2D eigenvalue weighted by Gasteiger charge is -2.36. The van der Waals surface area contributed by atoms with Crippen molar-refractivity contribution in [3.63, 3.8) is 0 Å². The highest BCUT2D eigenvalue weighted by atomic mass is 16.6. The predicted octanol–water partition coefficient (Wildman–Crippen LogP) is 2.80. The van der Waals surface area contributed by atoms with Crippen molar-refractivity contribution in [3.8, 4) is 17.2 Å². The van der Waals surface area contributed by atoms with Gasteiger partial charge in [-0.3, -0.25) is 9.69 Å². The fraction of sp³-hybridized carbons (Fsp3) is 0.458. The van der Waals surface area contributed by atoms with Crippen LogP contribution < -0.4 is 19.7 Å². The van der Waals surface area contributed by atoms with Gasteiger partial charge in [0.2, 0.25) is 5.91 Å². The van der Waals surface area contributed by atoms with Gasteiger partial charge in [-0.25, -0.2) is 0 Å². The van der Waals surface area contributed by atoms with Crippen LogP contribution in [0.25, 0.3) is 0 Å². The summed E-state index contributed by atoms with van der Waals surface area (Å²) in [7, 11) is 0. The molecule has 4 rings (SSSR count). The lowest BCUT2D eigenvalue weighted by Crippen LogP contribution is -2.50. The Bertz CT molecular complexity index is 892. The number of hydrogen-bond donors (Lipinski definition) is 2. The van der Waals surface area contributed by atoms with Gasteiger partial charge in [-0.2, -0.15) is 0 Å². The van der Waals surface area contributed by atoms with Crippen molar-refractivity contribution < 1.29 is 19.4 Å². The van der Waals surface area contributed by atoms with Crippen molar-refractivity contribution >= 4 is 11.6 Å². The van der Waals surface area contributed by atoms with Crippen molar-refractivity contribution in [2.45, 2.75) is 19.9 Å². The SMILES string of the molecule is CC(C)[C@@H](NC(=O)CN1CCN(c2ccc(O)cc2)CC1)c1ccc2c(c1)OCCO2. The summed E-state index contributed by atoms with van der Waals surface area (Å²) in [5.74, 6) is 2.06. The quantitative estimate of drug-likeness (QED) is 0.742. The number of nitrogens with one attached hydrogen (secondary N) is 1. The predicted molar refractivity (Wildman–Crippen MR) is 120 cm³/mol. The molecule has 0 bridgehead atoms. The molecule has 1 fully saturated rings. The number of rotatable bonds is 6. The molecule has 2 aliphatic rings. The Labute approximate surface area is 183 Å². The van der Waals surface area contributed by atoms with E-state index in [9.17, 15) is 9.90 Å². The van der Waals surface area contributed by atoms with Crippen molar-refractivity contribution in [1.82, 2.24) is 10.2 Å². The molecule has 7 nitrogen and oxygen atoms in total. The topological polar surface area (TPSA) is 74.3 Å². The molecule has 7 heteroatoms. The van der Waals surface area contributed by atoms with E-state index in [4.69, 9.17) is 9.47 Å². The van der Waals surface area contributed by atoms with Crippen LogP contribution in [0.5, 0.6) is 17.2 Å². The molecule has 0 aliphatic carbocycles. The zero-order valence-electron chi connectivity index (χ0n) is 18.2. The minimum atomic E-state index is -0.0818. The fourth-order valence-corrected chi connectivity index (χ4v) is 4.14. The summed E-state index contributed by atoms with van der Waals surface area (Å²) in [6, 6.07) is 13.1. The number of aromatic hydroxyl groups is 1. The summed E-state index contributed by atoms with van der Waals surface area (Å²) in [4.78, 5) is 17.3. The molecular formula is C24H31N3O4. The van der Waals surface area contributed by atoms with E-state index in [1.54, 1.807) is 12.1 Å². The first-order chi connectivity index (χ1) is 15.0. The zero-order valence-corrected chi connectivity index (χ0v) is 18.2. The maximum Gasteiger partial charge on any atom is 0.234 e. The van der Waals surface area contributed by atoms with Gasteiger partial charge in [0.25, 0.3) is 0 Å². The number of amides is 1. The minimum Gasteiger partial charge on any atom is -0.508 e. The van der Waals surface area contributed by atoms with Crippen LogP contribution in [0.3, 0.4) is 0 Å². The molecule has 1 amide bonds. The summed E-state index contributed by atoms with van der Waals surface area (Å²) in [5.41, 5.74) is 2.13. The van der Waals surface area contributed by atoms with Crippen LogP contribution in [0.2, 0.25) is 0 Å². The Balaban J connectivity index is 1.32. The first-order valence-electron chi connectivity index (χ1n) is 10.9. The third kappa shape index (κ3) is 5.22. The molecule has 0 aromatic heterocycles. The lowest BCUT2D eigenvalue weighted by molar-refractivity contribution is -0.123. The van der Waals surface area contributed by atoms with Gasteiger partial charge >= 0.3 is 0 Å². The molecule has 2 aromatic rings. The average molecular weight is 426 g/mol. The van der Waals surface area contributed by atoms with Crippen molar-refractivity contribution in [2.24, 2.45) is 5.92 Å². The maximum atomic E-state index is 12.8. The van der Waals surface area contributed by atoms with Crippen molar-refractivity contribution in [1.29, 1.82) is 0 Å². The Morgan fingerprint density at radius 2 is 1.68 bits per heavy atom. The Hall–Kier alpha value is -2.93. The van der Waals surface area contributed by atoms with Gasteiger partial charge < -0.3 is 24.8 Å². The van der Waals surface area contributed by atoms with E-state index in [0.29, 0.717) is 19.8 Å². The number of hydrogen-bond acceptors (Lipinski definition) is 6. The molecule has 166 valence electrons. The van der Waals surface area contributed by atoms with Gasteiger partial charge in [0.1, 0.15) is 19.0 Å². The Morgan fingerprint density at radius 1 is 1.00 bits per heavy atom. The second kappa shape index (κ2) is 9.47. The number of phenolic OH excluding ortho intramolecular Hbond substituents is 1. The van der Waals surface area contributed by atoms with E-state index >= 15 is 0 Å². The molecule has 0 saturated carbocycles. The number of ether oxygens (including phenoxy) is 2. The number of fused-ring (bicyclic) bond motifs is 1. The number of nitrogens with zero attached hydrogens (tertiary/aromatic N) is 2. The van der Waals surface area contributed by atoms with E-state index in [2.05, 4.69) is 29.0 Å². The highest BCUT2D eigenvalue weighted by Crippen LogP contribution is 2.34. The summed E-state index contributed by atoms with van der Waals surface area (Å²) in [5, 5.41) is 12.7. The van der Waals surface area contributed by atoms with Crippen molar-refractivity contribution in [2.75, 3.05) is 50.8 Å². The third-order valence-corrected chi connectivity index (χ3v) is 5.86. The number of anilines is 1. The molecule has 0 unspecified atom stereocenters. The van der Waals surface area contributed by atoms with Crippen LogP contribution >= 0.6 is 0 Å². The number of piperazine rings is 1. The fourth-order valence-electron chi connectivity index (χ4n) is 4.14. The second-order valence-electron chi connectivity index (χ2n) is 8.47. The van der Waals surface area contributed by atoms with Gasteiger partial charge in [0.05, 0.1) is 12.6 Å². The van der Waals surface area contributed by atoms with Crippen LogP contribution in [0.4, 0.5) is 5.69 Å². The van der Waals surface area contributed by atoms with Crippen molar-refractivity contribution in [3.05, 3.63) is 48.0 Å². The van der Waals surface area contributed by atoms with E-state index < -0.39 is 0 Å². The minimum absolute atomic E-state index is 0.0340. The lowest BCUT2D eigenvalue weighted by atomic mass is 9.95. The van der Waals surface area contributed by atoms with Gasteiger partial charge in [-0.05, 0) is 47.9 Å². The van der Waals surface area contributed by atoms with E-state index in [1.165, 1.54) is 0 Å². The molecule has 0 radical (unpaired) electrons. The monoisotopic (exact) mass is 425 g/mol. The first-order valence-corrected chi connectivity index (χ1v) is 10.9. The van der Waals surface area contributed by atoms with Crippen LogP contribution in [0, 0.1) is 5.92 Å². The molecule has 1 saturated heterocycles. The average Bonchev–Trinajstić information content (AvgIpc) is 2.78. The molecule has 2 N–H and O–H groups in total. The van der Waals surface area contributed by atoms with Gasteiger partial charge in [0, 0.05) is 31.9 Å². The van der Waals surface area contributed by atoms with E-state index in [0.717, 1.165) is 48.9 Å². The summed E-state index contributed by atoms with van der Waals surface area (Å²) < 4.78 is 11.3. The Morgan fingerprint density at radius 3 is 2.35 bits per heavy atom. The number of benzene rings is 2. The molecule has 2 aromatic carbocycles. The molecule has 31 heavy (non-hydrogen) atoms. The first kappa shape index (κ1) is 21.3. The zero-order chi connectivity index (χ0) is 21.8. The highest BCUT2D eigenvalue weighted by molar-refractivity contribution is 5.78. The van der Waals surface area contributed by atoms with E-state index in [-0.39, 0.29) is 23.6 Å². The Kier molecular flexibility index (Phi) is 6.51. The van der Waals surface area contributed by atoms with Crippen LogP contribution in [-0.2, 0) is 4.79 Å². The highest BCUT2D eigenvalue weighted by Gasteiger charge is 2.24. The largest absolute Gasteiger partial charge is 0.508 e. The normalized spacial score (nSPS) is 17.5. The summed E-state index contributed by atoms with van der Waals surface area (Å²) >= 11 is 0. The third-order valence-electron chi connectivity index (χ3n) is 5.86. The van der Waals surface area contributed by atoms with E-state index in [1.807, 2.05) is 30.3 Å². The number of phenols is 1. The number of carbonyl (C=O) groups excluding carboxylic acids is 1. The van der Waals surface area contributed by atoms with Crippen LogP contribution in [0.1, 0.15) is 25.5 Å². The standard InChI is InChI=1S/C24H31N3O4/c1-17(2)24(18-3-8-21-22(15-18)31-14-13-30-21)25-23(29)16-26-9-11-27(12-10-26)19-4-6-20(28)7-5-19/h3-8,15,17,24,28H,9-14,16H2,1-2H3,(H,25,29)/t24-/m1/s1. The molecule has 2 heterocycles. The van der Waals surface area contributed by atoms with Crippen LogP contribution in [0.15, 0.2) is 42.5 Å². The molecule has 2 aliphatic heterocycles. The smallest absolute Gasteiger partial charge is 0.234 e. The molecule has 0 spiro atoms. The summed E-state index contributed by atoms with van der Waals surface area (Å²) in [6.45, 7) is 9.08. The van der Waals surface area contributed by atoms with Gasteiger partial charge in [0.15, 0.2) is 11.5 Å².